The van der Waals surface area contributed by atoms with E-state index in [1.165, 1.54) is 7.05 Å². The van der Waals surface area contributed by atoms with Crippen molar-refractivity contribution in [2.24, 2.45) is 5.73 Å². The number of hydrogen-bond acceptors (Lipinski definition) is 6. The molecule has 28 heavy (non-hydrogen) atoms. The topological polar surface area (TPSA) is 112 Å². The average molecular weight is 370 g/mol. The van der Waals surface area contributed by atoms with E-state index >= 15 is 0 Å². The van der Waals surface area contributed by atoms with E-state index in [-0.39, 0.29) is 0 Å². The fourth-order valence-electron chi connectivity index (χ4n) is 2.51. The van der Waals surface area contributed by atoms with Crippen LogP contribution in [0.2, 0.25) is 0 Å². The average Bonchev–Trinajstić information content (AvgIpc) is 3.16. The maximum absolute atomic E-state index is 10.8. The number of aromatic nitrogens is 4. The van der Waals surface area contributed by atoms with Crippen LogP contribution in [0, 0.1) is 11.8 Å². The molecule has 0 fully saturated rings. The molecule has 4 N–H and O–H groups in total. The fourth-order valence-corrected chi connectivity index (χ4v) is 2.51. The molecule has 0 aliphatic rings. The highest BCUT2D eigenvalue weighted by atomic mass is 16.1. The Hall–Kier alpha value is -4.02. The van der Waals surface area contributed by atoms with Gasteiger partial charge in [0.25, 0.3) is 0 Å². The molecule has 7 nitrogen and oxygen atoms in total. The quantitative estimate of drug-likeness (QED) is 0.413. The van der Waals surface area contributed by atoms with Gasteiger partial charge in [-0.25, -0.2) is 14.5 Å². The predicted octanol–water partition coefficient (Wildman–Crippen LogP) is 2.16. The highest BCUT2D eigenvalue weighted by Gasteiger charge is 2.06. The molecule has 1 aromatic carbocycles. The molecule has 7 heteroatoms. The van der Waals surface area contributed by atoms with Crippen molar-refractivity contribution in [3.63, 3.8) is 0 Å². The van der Waals surface area contributed by atoms with Crippen LogP contribution < -0.4 is 11.5 Å². The van der Waals surface area contributed by atoms with E-state index in [9.17, 15) is 4.79 Å². The summed E-state index contributed by atoms with van der Waals surface area (Å²) in [6, 6.07) is 14.5. The van der Waals surface area contributed by atoms with Gasteiger partial charge >= 0.3 is 0 Å². The van der Waals surface area contributed by atoms with Crippen LogP contribution in [-0.4, -0.2) is 32.9 Å². The number of aldehydes is 1. The molecule has 0 radical (unpaired) electrons. The smallest absolute Gasteiger partial charge is 0.154 e. The van der Waals surface area contributed by atoms with Crippen LogP contribution in [0.3, 0.4) is 0 Å². The third-order valence-electron chi connectivity index (χ3n) is 3.82. The summed E-state index contributed by atoms with van der Waals surface area (Å²) in [4.78, 5) is 19.1. The molecular weight excluding hydrogens is 352 g/mol. The monoisotopic (exact) mass is 370 g/mol. The van der Waals surface area contributed by atoms with E-state index in [1.54, 1.807) is 41.2 Å². The molecular formula is C21H18N6O. The van der Waals surface area contributed by atoms with Crippen LogP contribution in [0.1, 0.15) is 21.6 Å². The van der Waals surface area contributed by atoms with Crippen molar-refractivity contribution in [2.45, 2.75) is 0 Å². The van der Waals surface area contributed by atoms with Crippen molar-refractivity contribution < 1.29 is 4.79 Å². The lowest BCUT2D eigenvalue weighted by Crippen LogP contribution is -1.97. The van der Waals surface area contributed by atoms with Gasteiger partial charge in [-0.2, -0.15) is 5.10 Å². The maximum atomic E-state index is 10.8. The van der Waals surface area contributed by atoms with Gasteiger partial charge in [0.15, 0.2) is 5.65 Å². The first-order chi connectivity index (χ1) is 13.7. The van der Waals surface area contributed by atoms with Crippen molar-refractivity contribution in [3.05, 3.63) is 77.7 Å². The molecule has 3 heterocycles. The lowest BCUT2D eigenvalue weighted by Gasteiger charge is -2.02. The second-order valence-corrected chi connectivity index (χ2v) is 5.59. The lowest BCUT2D eigenvalue weighted by atomic mass is 10.1. The zero-order chi connectivity index (χ0) is 19.9. The second kappa shape index (κ2) is 8.58. The number of imidazole rings is 1. The summed E-state index contributed by atoms with van der Waals surface area (Å²) in [5.74, 6) is 6.54. The Bertz CT molecular complexity index is 1170. The molecule has 3 aromatic heterocycles. The minimum atomic E-state index is 0.425. The summed E-state index contributed by atoms with van der Waals surface area (Å²) in [5.41, 5.74) is 14.6. The second-order valence-electron chi connectivity index (χ2n) is 5.59. The van der Waals surface area contributed by atoms with Gasteiger partial charge in [0.1, 0.15) is 17.8 Å². The molecule has 4 aromatic rings. The Morgan fingerprint density at radius 1 is 1.00 bits per heavy atom. The summed E-state index contributed by atoms with van der Waals surface area (Å²) in [5, 5.41) is 4.62. The van der Waals surface area contributed by atoms with Gasteiger partial charge in [-0.05, 0) is 37.2 Å². The van der Waals surface area contributed by atoms with Crippen molar-refractivity contribution in [2.75, 3.05) is 12.8 Å². The van der Waals surface area contributed by atoms with Gasteiger partial charge in [0.2, 0.25) is 0 Å². The summed E-state index contributed by atoms with van der Waals surface area (Å²) < 4.78 is 1.69. The van der Waals surface area contributed by atoms with E-state index < -0.39 is 0 Å². The van der Waals surface area contributed by atoms with Gasteiger partial charge < -0.3 is 11.5 Å². The summed E-state index contributed by atoms with van der Waals surface area (Å²) in [7, 11) is 1.50. The van der Waals surface area contributed by atoms with Crippen molar-refractivity contribution >= 4 is 17.8 Å². The number of benzene rings is 1. The number of rotatable bonds is 2. The molecule has 0 amide bonds. The van der Waals surface area contributed by atoms with Gasteiger partial charge in [0.05, 0.1) is 11.9 Å². The number of nitrogens with zero attached hydrogens (tertiary/aromatic N) is 4. The van der Waals surface area contributed by atoms with Crippen LogP contribution >= 0.6 is 0 Å². The first kappa shape index (κ1) is 18.8. The molecule has 0 aliphatic heterocycles. The Labute approximate surface area is 162 Å². The zero-order valence-corrected chi connectivity index (χ0v) is 15.2. The molecule has 0 bridgehead atoms. The maximum Gasteiger partial charge on any atom is 0.154 e. The normalized spacial score (nSPS) is 9.79. The highest BCUT2D eigenvalue weighted by Crippen LogP contribution is 2.18. The minimum absolute atomic E-state index is 0.425. The van der Waals surface area contributed by atoms with Crippen molar-refractivity contribution in [1.29, 1.82) is 0 Å². The van der Waals surface area contributed by atoms with Crippen LogP contribution in [-0.2, 0) is 0 Å². The first-order valence-corrected chi connectivity index (χ1v) is 8.44. The number of pyridine rings is 1. The van der Waals surface area contributed by atoms with Gasteiger partial charge in [-0.1, -0.05) is 30.2 Å². The lowest BCUT2D eigenvalue weighted by molar-refractivity contribution is 0.112. The molecule has 0 saturated carbocycles. The van der Waals surface area contributed by atoms with E-state index in [0.29, 0.717) is 22.7 Å². The highest BCUT2D eigenvalue weighted by molar-refractivity contribution is 5.76. The zero-order valence-electron chi connectivity index (χ0n) is 15.2. The van der Waals surface area contributed by atoms with Gasteiger partial charge in [-0.15, -0.1) is 0 Å². The number of nitrogen functional groups attached to an aromatic ring is 1. The first-order valence-electron chi connectivity index (χ1n) is 8.44. The minimum Gasteiger partial charge on any atom is -0.384 e. The third-order valence-corrected chi connectivity index (χ3v) is 3.82. The van der Waals surface area contributed by atoms with Crippen LogP contribution in [0.5, 0.6) is 0 Å². The van der Waals surface area contributed by atoms with Crippen LogP contribution in [0.25, 0.3) is 16.9 Å². The number of nitrogens with two attached hydrogens (primary N) is 2. The number of anilines is 1. The number of hydrogen-bond donors (Lipinski definition) is 2. The molecule has 138 valence electrons. The predicted molar refractivity (Wildman–Crippen MR) is 109 cm³/mol. The Kier molecular flexibility index (Phi) is 5.75. The van der Waals surface area contributed by atoms with Gasteiger partial charge in [-0.3, -0.25) is 4.79 Å². The standard InChI is InChI=1S/C20H13N5O.CH5N/c21-19-11-14(9-10-22-19)3-6-17-12-23-20-8-7-18(24-25(17)20)16-4-1-15(13-26)2-5-16;1-2/h1-2,4-5,7-13H,(H2,21,22);2H2,1H3. The Morgan fingerprint density at radius 2 is 1.79 bits per heavy atom. The molecule has 4 rings (SSSR count). The van der Waals surface area contributed by atoms with E-state index in [1.807, 2.05) is 24.3 Å². The summed E-state index contributed by atoms with van der Waals surface area (Å²) in [6.07, 6.45) is 4.11. The SMILES string of the molecule is CN.Nc1cc(C#Cc2cnc3ccc(-c4ccc(C=O)cc4)nn23)ccn1. The largest absolute Gasteiger partial charge is 0.384 e. The van der Waals surface area contributed by atoms with Crippen molar-refractivity contribution in [3.8, 4) is 23.1 Å². The third kappa shape index (κ3) is 4.03. The number of carbonyl (C=O) groups excluding carboxylic acids is 1. The molecule has 0 spiro atoms. The molecule has 0 unspecified atom stereocenters. The Balaban J connectivity index is 0.00000109. The summed E-state index contributed by atoms with van der Waals surface area (Å²) >= 11 is 0. The van der Waals surface area contributed by atoms with Gasteiger partial charge in [0, 0.05) is 22.9 Å². The van der Waals surface area contributed by atoms with Crippen LogP contribution in [0.4, 0.5) is 5.82 Å². The molecule has 0 aliphatic carbocycles. The fraction of sp³-hybridized carbons (Fsp3) is 0.0476. The van der Waals surface area contributed by atoms with E-state index in [2.05, 4.69) is 32.6 Å². The van der Waals surface area contributed by atoms with E-state index in [0.717, 1.165) is 23.1 Å². The van der Waals surface area contributed by atoms with E-state index in [4.69, 9.17) is 5.73 Å². The van der Waals surface area contributed by atoms with Crippen LogP contribution in [0.15, 0.2) is 60.9 Å². The van der Waals surface area contributed by atoms with Crippen molar-refractivity contribution in [1.82, 2.24) is 19.6 Å². The Morgan fingerprint density at radius 3 is 2.50 bits per heavy atom. The molecule has 0 atom stereocenters. The number of fused-ring (bicyclic) bond motifs is 1. The number of carbonyl (C=O) groups is 1. The molecule has 0 saturated heterocycles. The summed E-state index contributed by atoms with van der Waals surface area (Å²) in [6.45, 7) is 0.